The summed E-state index contributed by atoms with van der Waals surface area (Å²) in [4.78, 5) is 0. The van der Waals surface area contributed by atoms with E-state index in [2.05, 4.69) is 32.1 Å². The minimum atomic E-state index is 0.0810. The van der Waals surface area contributed by atoms with Gasteiger partial charge in [-0.3, -0.25) is 4.68 Å². The van der Waals surface area contributed by atoms with E-state index in [-0.39, 0.29) is 5.54 Å². The Labute approximate surface area is 91.7 Å². The molecule has 3 heteroatoms. The second-order valence-corrected chi connectivity index (χ2v) is 5.84. The molecule has 1 saturated carbocycles. The zero-order valence-corrected chi connectivity index (χ0v) is 9.95. The van der Waals surface area contributed by atoms with Crippen LogP contribution in [0, 0.1) is 5.41 Å². The maximum atomic E-state index is 5.78. The Morgan fingerprint density at radius 3 is 2.53 bits per heavy atom. The number of aromatic nitrogens is 2. The summed E-state index contributed by atoms with van der Waals surface area (Å²) < 4.78 is 2.04. The summed E-state index contributed by atoms with van der Waals surface area (Å²) in [6.45, 7) is 7.31. The van der Waals surface area contributed by atoms with Crippen LogP contribution in [0.25, 0.3) is 0 Å². The molecule has 1 fully saturated rings. The molecule has 84 valence electrons. The van der Waals surface area contributed by atoms with Gasteiger partial charge in [0.05, 0.1) is 11.7 Å². The molecule has 1 heterocycles. The second kappa shape index (κ2) is 3.34. The van der Waals surface area contributed by atoms with Gasteiger partial charge in [-0.25, -0.2) is 0 Å². The molecule has 15 heavy (non-hydrogen) atoms. The van der Waals surface area contributed by atoms with Gasteiger partial charge in [0, 0.05) is 6.20 Å². The van der Waals surface area contributed by atoms with Gasteiger partial charge in [-0.1, -0.05) is 0 Å². The fraction of sp³-hybridized carbons (Fsp3) is 0.750. The maximum absolute atomic E-state index is 5.78. The van der Waals surface area contributed by atoms with E-state index in [0.717, 1.165) is 13.0 Å². The summed E-state index contributed by atoms with van der Waals surface area (Å²) in [7, 11) is 0. The van der Waals surface area contributed by atoms with Crippen molar-refractivity contribution in [3.05, 3.63) is 18.0 Å². The monoisotopic (exact) mass is 207 g/mol. The van der Waals surface area contributed by atoms with E-state index >= 15 is 0 Å². The molecular formula is C12H21N3. The average molecular weight is 207 g/mol. The van der Waals surface area contributed by atoms with Gasteiger partial charge in [0.1, 0.15) is 0 Å². The Kier molecular flexibility index (Phi) is 2.38. The van der Waals surface area contributed by atoms with Gasteiger partial charge in [0.2, 0.25) is 0 Å². The molecule has 0 atom stereocenters. The SMILES string of the molecule is CC(C)(C)n1cc(CC2(CN)CC2)cn1. The first-order valence-corrected chi connectivity index (χ1v) is 5.69. The fourth-order valence-corrected chi connectivity index (χ4v) is 1.88. The van der Waals surface area contributed by atoms with Crippen LogP contribution in [0.4, 0.5) is 0 Å². The topological polar surface area (TPSA) is 43.8 Å². The van der Waals surface area contributed by atoms with Gasteiger partial charge < -0.3 is 5.73 Å². The number of nitrogens with two attached hydrogens (primary N) is 1. The van der Waals surface area contributed by atoms with Crippen molar-refractivity contribution in [1.82, 2.24) is 9.78 Å². The van der Waals surface area contributed by atoms with Gasteiger partial charge in [0.25, 0.3) is 0 Å². The molecule has 0 unspecified atom stereocenters. The van der Waals surface area contributed by atoms with Gasteiger partial charge in [-0.2, -0.15) is 5.10 Å². The van der Waals surface area contributed by atoms with Gasteiger partial charge in [-0.15, -0.1) is 0 Å². The molecule has 2 N–H and O–H groups in total. The Morgan fingerprint density at radius 2 is 2.13 bits per heavy atom. The number of nitrogens with zero attached hydrogens (tertiary/aromatic N) is 2. The standard InChI is InChI=1S/C12H21N3/c1-11(2,3)15-8-10(7-14-15)6-12(9-13)4-5-12/h7-8H,4-6,9,13H2,1-3H3. The normalized spacial score (nSPS) is 19.2. The molecular weight excluding hydrogens is 186 g/mol. The zero-order valence-electron chi connectivity index (χ0n) is 9.95. The van der Waals surface area contributed by atoms with E-state index in [1.54, 1.807) is 0 Å². The van der Waals surface area contributed by atoms with E-state index in [0.29, 0.717) is 5.41 Å². The third kappa shape index (κ3) is 2.23. The van der Waals surface area contributed by atoms with Crippen molar-refractivity contribution >= 4 is 0 Å². The van der Waals surface area contributed by atoms with Crippen molar-refractivity contribution < 1.29 is 0 Å². The molecule has 1 aromatic heterocycles. The lowest BCUT2D eigenvalue weighted by molar-refractivity contribution is 0.355. The lowest BCUT2D eigenvalue weighted by atomic mass is 9.99. The minimum Gasteiger partial charge on any atom is -0.330 e. The molecule has 3 nitrogen and oxygen atoms in total. The Morgan fingerprint density at radius 1 is 1.47 bits per heavy atom. The number of rotatable bonds is 3. The molecule has 0 amide bonds. The summed E-state index contributed by atoms with van der Waals surface area (Å²) in [6, 6.07) is 0. The molecule has 0 spiro atoms. The van der Waals surface area contributed by atoms with Crippen molar-refractivity contribution in [1.29, 1.82) is 0 Å². The summed E-state index contributed by atoms with van der Waals surface area (Å²) in [5, 5.41) is 4.41. The summed E-state index contributed by atoms with van der Waals surface area (Å²) in [6.07, 6.45) is 7.81. The minimum absolute atomic E-state index is 0.0810. The molecule has 1 aliphatic carbocycles. The van der Waals surface area contributed by atoms with Crippen LogP contribution in [-0.4, -0.2) is 16.3 Å². The lowest BCUT2D eigenvalue weighted by Crippen LogP contribution is -2.22. The predicted molar refractivity (Wildman–Crippen MR) is 61.6 cm³/mol. The van der Waals surface area contributed by atoms with Crippen molar-refractivity contribution in [2.24, 2.45) is 11.1 Å². The van der Waals surface area contributed by atoms with E-state index in [1.807, 2.05) is 10.9 Å². The molecule has 2 rings (SSSR count). The van der Waals surface area contributed by atoms with Crippen LogP contribution in [0.3, 0.4) is 0 Å². The Hall–Kier alpha value is -0.830. The van der Waals surface area contributed by atoms with Gasteiger partial charge in [-0.05, 0) is 57.6 Å². The summed E-state index contributed by atoms with van der Waals surface area (Å²) in [5.41, 5.74) is 7.60. The average Bonchev–Trinajstić information content (AvgIpc) is 2.73. The Balaban J connectivity index is 2.08. The van der Waals surface area contributed by atoms with Crippen molar-refractivity contribution in [3.8, 4) is 0 Å². The van der Waals surface area contributed by atoms with Crippen LogP contribution in [0.1, 0.15) is 39.2 Å². The van der Waals surface area contributed by atoms with Crippen LogP contribution in [0.15, 0.2) is 12.4 Å². The van der Waals surface area contributed by atoms with Gasteiger partial charge in [0.15, 0.2) is 0 Å². The van der Waals surface area contributed by atoms with Crippen LogP contribution in [-0.2, 0) is 12.0 Å². The molecule has 0 aliphatic heterocycles. The second-order valence-electron chi connectivity index (χ2n) is 5.84. The fourth-order valence-electron chi connectivity index (χ4n) is 1.88. The molecule has 1 aliphatic rings. The lowest BCUT2D eigenvalue weighted by Gasteiger charge is -2.19. The number of hydrogen-bond donors (Lipinski definition) is 1. The van der Waals surface area contributed by atoms with Crippen LogP contribution < -0.4 is 5.73 Å². The smallest absolute Gasteiger partial charge is 0.0543 e. The summed E-state index contributed by atoms with van der Waals surface area (Å²) in [5.74, 6) is 0. The molecule has 0 aromatic carbocycles. The molecule has 0 radical (unpaired) electrons. The van der Waals surface area contributed by atoms with Crippen molar-refractivity contribution in [3.63, 3.8) is 0 Å². The third-order valence-electron chi connectivity index (χ3n) is 3.29. The highest BCUT2D eigenvalue weighted by Gasteiger charge is 2.41. The first-order chi connectivity index (χ1) is 6.95. The van der Waals surface area contributed by atoms with E-state index in [9.17, 15) is 0 Å². The predicted octanol–water partition coefficient (Wildman–Crippen LogP) is 1.92. The number of hydrogen-bond acceptors (Lipinski definition) is 2. The maximum Gasteiger partial charge on any atom is 0.0543 e. The van der Waals surface area contributed by atoms with E-state index < -0.39 is 0 Å². The third-order valence-corrected chi connectivity index (χ3v) is 3.29. The van der Waals surface area contributed by atoms with E-state index in [4.69, 9.17) is 5.73 Å². The van der Waals surface area contributed by atoms with Crippen LogP contribution in [0.2, 0.25) is 0 Å². The first-order valence-electron chi connectivity index (χ1n) is 5.69. The van der Waals surface area contributed by atoms with E-state index in [1.165, 1.54) is 18.4 Å². The zero-order chi connectivity index (χ0) is 11.1. The first kappa shape index (κ1) is 10.7. The van der Waals surface area contributed by atoms with Crippen molar-refractivity contribution in [2.75, 3.05) is 6.54 Å². The largest absolute Gasteiger partial charge is 0.330 e. The van der Waals surface area contributed by atoms with Crippen LogP contribution in [0.5, 0.6) is 0 Å². The highest BCUT2D eigenvalue weighted by Crippen LogP contribution is 2.47. The summed E-state index contributed by atoms with van der Waals surface area (Å²) >= 11 is 0. The molecule has 0 bridgehead atoms. The quantitative estimate of drug-likeness (QED) is 0.823. The van der Waals surface area contributed by atoms with Crippen molar-refractivity contribution in [2.45, 2.75) is 45.6 Å². The highest BCUT2D eigenvalue weighted by atomic mass is 15.3. The molecule has 1 aromatic rings. The Bertz CT molecular complexity index is 342. The molecule has 0 saturated heterocycles. The van der Waals surface area contributed by atoms with Gasteiger partial charge >= 0.3 is 0 Å². The van der Waals surface area contributed by atoms with Crippen LogP contribution >= 0.6 is 0 Å². The highest BCUT2D eigenvalue weighted by molar-refractivity contribution is 5.12.